The average molecular weight is 565 g/mol. The molecule has 1 unspecified atom stereocenters. The molecule has 10 heteroatoms. The molecular formula is C31H40N4O6. The number of anilines is 1. The van der Waals surface area contributed by atoms with Crippen molar-refractivity contribution in [3.63, 3.8) is 0 Å². The first-order chi connectivity index (χ1) is 19.8. The summed E-state index contributed by atoms with van der Waals surface area (Å²) in [6.45, 7) is 8.85. The maximum atomic E-state index is 12.7. The molecule has 0 spiro atoms. The molecule has 10 nitrogen and oxygen atoms in total. The summed E-state index contributed by atoms with van der Waals surface area (Å²) in [5, 5.41) is 15.1. The molecule has 220 valence electrons. The molecule has 2 aromatic rings. The third-order valence-corrected chi connectivity index (χ3v) is 7.73. The van der Waals surface area contributed by atoms with Gasteiger partial charge in [-0.3, -0.25) is 15.0 Å². The molecule has 2 aromatic carbocycles. The van der Waals surface area contributed by atoms with Crippen LogP contribution in [0.25, 0.3) is 0 Å². The number of allylic oxidation sites excluding steroid dienone is 3. The number of hydrogen-bond acceptors (Lipinski definition) is 9. The Morgan fingerprint density at radius 2 is 1.63 bits per heavy atom. The fraction of sp³-hybridized carbons (Fsp3) is 0.452. The first-order valence-electron chi connectivity index (χ1n) is 14.1. The summed E-state index contributed by atoms with van der Waals surface area (Å²) in [7, 11) is 2.99. The van der Waals surface area contributed by atoms with Crippen LogP contribution >= 0.6 is 0 Å². The van der Waals surface area contributed by atoms with Gasteiger partial charge in [0, 0.05) is 37.4 Å². The third-order valence-electron chi connectivity index (χ3n) is 7.73. The van der Waals surface area contributed by atoms with Crippen molar-refractivity contribution in [2.24, 2.45) is 0 Å². The van der Waals surface area contributed by atoms with E-state index in [0.717, 1.165) is 63.4 Å². The number of methoxy groups -OCH3 is 2. The van der Waals surface area contributed by atoms with E-state index >= 15 is 0 Å². The van der Waals surface area contributed by atoms with Gasteiger partial charge in [-0.15, -0.1) is 0 Å². The fourth-order valence-corrected chi connectivity index (χ4v) is 5.66. The number of carbonyl (C=O) groups excluding carboxylic acids is 1. The van der Waals surface area contributed by atoms with Crippen LogP contribution in [0.15, 0.2) is 71.2 Å². The highest BCUT2D eigenvalue weighted by atomic mass is 16.6. The van der Waals surface area contributed by atoms with Crippen LogP contribution in [0.1, 0.15) is 44.6 Å². The quantitative estimate of drug-likeness (QED) is 0.170. The average Bonchev–Trinajstić information content (AvgIpc) is 2.98. The van der Waals surface area contributed by atoms with Gasteiger partial charge in [-0.25, -0.2) is 4.79 Å². The van der Waals surface area contributed by atoms with Crippen LogP contribution in [0.3, 0.4) is 0 Å². The largest absolute Gasteiger partial charge is 0.495 e. The Labute approximate surface area is 241 Å². The zero-order valence-electron chi connectivity index (χ0n) is 24.4. The number of ether oxygens (including phenoxy) is 3. The van der Waals surface area contributed by atoms with Crippen molar-refractivity contribution in [1.29, 1.82) is 0 Å². The number of carbonyl (C=O) groups is 1. The van der Waals surface area contributed by atoms with Gasteiger partial charge in [0.2, 0.25) is 0 Å². The third kappa shape index (κ3) is 7.00. The lowest BCUT2D eigenvalue weighted by atomic mass is 9.83. The van der Waals surface area contributed by atoms with Crippen LogP contribution < -0.4 is 19.7 Å². The fourth-order valence-electron chi connectivity index (χ4n) is 5.66. The summed E-state index contributed by atoms with van der Waals surface area (Å²) >= 11 is 0. The number of rotatable bonds is 12. The van der Waals surface area contributed by atoms with E-state index in [4.69, 9.17) is 14.2 Å². The number of benzene rings is 2. The molecule has 0 aliphatic carbocycles. The summed E-state index contributed by atoms with van der Waals surface area (Å²) in [5.41, 5.74) is 2.78. The molecule has 0 saturated carbocycles. The number of hydrogen-bond donors (Lipinski definition) is 1. The molecule has 2 aliphatic rings. The summed E-state index contributed by atoms with van der Waals surface area (Å²) in [5.74, 6) is -0.0563. The van der Waals surface area contributed by atoms with E-state index in [9.17, 15) is 14.9 Å². The molecule has 4 rings (SSSR count). The minimum absolute atomic E-state index is 0.0853. The smallest absolute Gasteiger partial charge is 0.336 e. The molecule has 0 aromatic heterocycles. The predicted molar refractivity (Wildman–Crippen MR) is 158 cm³/mol. The molecular weight excluding hydrogens is 524 g/mol. The Kier molecular flexibility index (Phi) is 10.2. The number of dihydropyridines is 1. The number of esters is 1. The molecule has 1 N–H and O–H groups in total. The number of nitrogens with one attached hydrogen (secondary N) is 1. The van der Waals surface area contributed by atoms with Crippen LogP contribution in [0.4, 0.5) is 5.69 Å². The molecule has 2 heterocycles. The molecule has 0 bridgehead atoms. The Morgan fingerprint density at radius 3 is 2.32 bits per heavy atom. The lowest BCUT2D eigenvalue weighted by Gasteiger charge is -2.36. The lowest BCUT2D eigenvalue weighted by Crippen LogP contribution is -2.46. The minimum atomic E-state index is -0.899. The van der Waals surface area contributed by atoms with Gasteiger partial charge in [-0.1, -0.05) is 30.3 Å². The molecule has 2 aliphatic heterocycles. The number of nitro groups is 1. The lowest BCUT2D eigenvalue weighted by molar-refractivity contribution is -0.431. The van der Waals surface area contributed by atoms with Crippen molar-refractivity contribution in [3.8, 4) is 11.5 Å². The van der Waals surface area contributed by atoms with Crippen molar-refractivity contribution in [2.75, 3.05) is 58.5 Å². The summed E-state index contributed by atoms with van der Waals surface area (Å²) in [6, 6.07) is 15.4. The van der Waals surface area contributed by atoms with Crippen molar-refractivity contribution < 1.29 is 23.9 Å². The van der Waals surface area contributed by atoms with Crippen LogP contribution in [-0.4, -0.2) is 69.3 Å². The molecule has 1 fully saturated rings. The van der Waals surface area contributed by atoms with Gasteiger partial charge in [-0.2, -0.15) is 0 Å². The number of para-hydroxylation sites is 3. The van der Waals surface area contributed by atoms with Crippen molar-refractivity contribution in [1.82, 2.24) is 10.2 Å². The second kappa shape index (κ2) is 14.0. The molecule has 1 saturated heterocycles. The van der Waals surface area contributed by atoms with Crippen molar-refractivity contribution in [3.05, 3.63) is 86.9 Å². The van der Waals surface area contributed by atoms with Gasteiger partial charge in [0.15, 0.2) is 0 Å². The molecule has 1 atom stereocenters. The minimum Gasteiger partial charge on any atom is -0.495 e. The van der Waals surface area contributed by atoms with E-state index in [1.54, 1.807) is 39.2 Å². The highest BCUT2D eigenvalue weighted by Crippen LogP contribution is 2.42. The Bertz CT molecular complexity index is 1300. The normalized spacial score (nSPS) is 17.8. The zero-order chi connectivity index (χ0) is 29.4. The highest BCUT2D eigenvalue weighted by Gasteiger charge is 2.42. The topological polar surface area (TPSA) is 106 Å². The monoisotopic (exact) mass is 564 g/mol. The van der Waals surface area contributed by atoms with Gasteiger partial charge in [-0.05, 0) is 57.9 Å². The number of piperazine rings is 1. The van der Waals surface area contributed by atoms with E-state index in [1.165, 1.54) is 7.11 Å². The van der Waals surface area contributed by atoms with Crippen molar-refractivity contribution in [2.45, 2.75) is 39.0 Å². The molecule has 0 radical (unpaired) electrons. The Morgan fingerprint density at radius 1 is 0.951 bits per heavy atom. The van der Waals surface area contributed by atoms with Gasteiger partial charge in [0.1, 0.15) is 17.4 Å². The van der Waals surface area contributed by atoms with Crippen LogP contribution in [0.5, 0.6) is 11.5 Å². The van der Waals surface area contributed by atoms with E-state index in [2.05, 4.69) is 21.2 Å². The summed E-state index contributed by atoms with van der Waals surface area (Å²) in [4.78, 5) is 29.2. The van der Waals surface area contributed by atoms with E-state index in [1.807, 2.05) is 24.3 Å². The molecule has 0 amide bonds. The second-order valence-electron chi connectivity index (χ2n) is 10.3. The maximum Gasteiger partial charge on any atom is 0.336 e. The van der Waals surface area contributed by atoms with Gasteiger partial charge >= 0.3 is 5.97 Å². The number of nitrogens with zero attached hydrogens (tertiary/aromatic N) is 3. The number of unbranched alkanes of at least 4 members (excludes halogenated alkanes) is 2. The molecule has 41 heavy (non-hydrogen) atoms. The SMILES string of the molecule is COC(=O)C1=C(C)NC(C)=C([N+](=O)[O-])C1c1ccccc1OCCCCCN1CCN(c2ccccc2OC)CC1. The standard InChI is InChI=1S/C31H40N4O6/c1-22-28(31(36)40-4)29(30(35(37)38)23(2)32-22)24-12-6-8-14-26(24)41-21-11-5-10-16-33-17-19-34(20-18-33)25-13-7-9-15-27(25)39-3/h6-9,12-15,29,32H,5,10-11,16-21H2,1-4H3. The predicted octanol–water partition coefficient (Wildman–Crippen LogP) is 4.71. The van der Waals surface area contributed by atoms with Crippen molar-refractivity contribution >= 4 is 11.7 Å². The first-order valence-corrected chi connectivity index (χ1v) is 14.1. The zero-order valence-corrected chi connectivity index (χ0v) is 24.4. The van der Waals surface area contributed by atoms with E-state index < -0.39 is 16.8 Å². The van der Waals surface area contributed by atoms with E-state index in [0.29, 0.717) is 29.3 Å². The highest BCUT2D eigenvalue weighted by molar-refractivity contribution is 5.92. The van der Waals surface area contributed by atoms with Gasteiger partial charge < -0.3 is 24.4 Å². The summed E-state index contributed by atoms with van der Waals surface area (Å²) in [6.07, 6.45) is 2.93. The van der Waals surface area contributed by atoms with Crippen LogP contribution in [0, 0.1) is 10.1 Å². The Hall–Kier alpha value is -4.05. The van der Waals surface area contributed by atoms with Crippen LogP contribution in [0.2, 0.25) is 0 Å². The Balaban J connectivity index is 1.30. The van der Waals surface area contributed by atoms with Gasteiger partial charge in [0.25, 0.3) is 5.70 Å². The first kappa shape index (κ1) is 29.9. The van der Waals surface area contributed by atoms with E-state index in [-0.39, 0.29) is 11.3 Å². The second-order valence-corrected chi connectivity index (χ2v) is 10.3. The summed E-state index contributed by atoms with van der Waals surface area (Å²) < 4.78 is 16.7. The maximum absolute atomic E-state index is 12.7. The van der Waals surface area contributed by atoms with Crippen LogP contribution in [-0.2, 0) is 9.53 Å². The van der Waals surface area contributed by atoms with Gasteiger partial charge in [0.05, 0.1) is 42.7 Å².